The number of aromatic nitrogens is 4. The Morgan fingerprint density at radius 3 is 3.03 bits per heavy atom. The molecule has 9 nitrogen and oxygen atoms in total. The van der Waals surface area contributed by atoms with Crippen LogP contribution in [0.5, 0.6) is 0 Å². The Kier molecular flexibility index (Phi) is 6.21. The number of likely N-dealkylation sites (tertiary alicyclic amines) is 1. The van der Waals surface area contributed by atoms with Gasteiger partial charge in [0.2, 0.25) is 5.95 Å². The zero-order valence-corrected chi connectivity index (χ0v) is 19.5. The van der Waals surface area contributed by atoms with Crippen LogP contribution in [0.3, 0.4) is 0 Å². The molecular formula is C23H28N8OS. The minimum absolute atomic E-state index is 0.0888. The molecule has 1 saturated heterocycles. The van der Waals surface area contributed by atoms with Crippen LogP contribution in [0, 0.1) is 0 Å². The zero-order valence-electron chi connectivity index (χ0n) is 18.6. The number of rotatable bonds is 6. The Morgan fingerprint density at radius 1 is 1.30 bits per heavy atom. The maximum atomic E-state index is 12.3. The van der Waals surface area contributed by atoms with Gasteiger partial charge in [0.25, 0.3) is 5.56 Å². The average molecular weight is 465 g/mol. The second kappa shape index (κ2) is 9.42. The summed E-state index contributed by atoms with van der Waals surface area (Å²) < 4.78 is 0. The lowest BCUT2D eigenvalue weighted by atomic mass is 9.97. The van der Waals surface area contributed by atoms with Crippen molar-refractivity contribution in [1.29, 1.82) is 0 Å². The van der Waals surface area contributed by atoms with E-state index in [1.165, 1.54) is 5.70 Å². The van der Waals surface area contributed by atoms with Crippen molar-refractivity contribution >= 4 is 17.3 Å². The van der Waals surface area contributed by atoms with Crippen molar-refractivity contribution in [3.63, 3.8) is 0 Å². The van der Waals surface area contributed by atoms with Crippen LogP contribution in [0.2, 0.25) is 0 Å². The molecule has 0 bridgehead atoms. The highest BCUT2D eigenvalue weighted by molar-refractivity contribution is 7.13. The second-order valence-electron chi connectivity index (χ2n) is 8.55. The van der Waals surface area contributed by atoms with Crippen molar-refractivity contribution < 1.29 is 0 Å². The van der Waals surface area contributed by atoms with Gasteiger partial charge in [-0.2, -0.15) is 0 Å². The van der Waals surface area contributed by atoms with Crippen LogP contribution in [0.15, 0.2) is 52.5 Å². The lowest BCUT2D eigenvalue weighted by Gasteiger charge is -2.33. The molecule has 5 rings (SSSR count). The van der Waals surface area contributed by atoms with E-state index in [-0.39, 0.29) is 11.5 Å². The van der Waals surface area contributed by atoms with Crippen molar-refractivity contribution in [2.45, 2.75) is 25.3 Å². The van der Waals surface area contributed by atoms with E-state index < -0.39 is 0 Å². The molecule has 5 heterocycles. The fourth-order valence-corrected chi connectivity index (χ4v) is 5.12. The van der Waals surface area contributed by atoms with E-state index in [0.29, 0.717) is 19.2 Å². The van der Waals surface area contributed by atoms with E-state index >= 15 is 0 Å². The third kappa shape index (κ3) is 4.82. The Hall–Kier alpha value is -3.08. The number of nitrogens with two attached hydrogens (primary N) is 1. The number of nitrogens with one attached hydrogen (secondary N) is 1. The standard InChI is InChI=1S/C23H28N8OS/c1-29-15-31(23-25-7-6-17(11-24)26-23)14-18(29)13-30-8-2-4-16(12-30)22-27-19(10-21(32)28-22)20-5-3-9-33-20/h3,5-7,9-10,14,16H,2,4,8,11-13,15,24H2,1H3,(H,27,28,32). The first kappa shape index (κ1) is 21.7. The molecule has 3 N–H and O–H groups in total. The van der Waals surface area contributed by atoms with Crippen LogP contribution in [0.25, 0.3) is 10.6 Å². The van der Waals surface area contributed by atoms with Crippen molar-refractivity contribution in [1.82, 2.24) is 29.7 Å². The molecule has 0 aliphatic carbocycles. The van der Waals surface area contributed by atoms with Gasteiger partial charge in [0.1, 0.15) is 5.82 Å². The number of nitrogens with zero attached hydrogens (tertiary/aromatic N) is 6. The van der Waals surface area contributed by atoms with Gasteiger partial charge in [0, 0.05) is 56.8 Å². The first-order valence-corrected chi connectivity index (χ1v) is 12.0. The van der Waals surface area contributed by atoms with Crippen LogP contribution in [-0.4, -0.2) is 63.1 Å². The number of piperidine rings is 1. The van der Waals surface area contributed by atoms with Crippen molar-refractivity contribution in [3.05, 3.63) is 69.6 Å². The molecule has 0 amide bonds. The smallest absolute Gasteiger partial charge is 0.251 e. The third-order valence-electron chi connectivity index (χ3n) is 6.14. The molecule has 0 spiro atoms. The summed E-state index contributed by atoms with van der Waals surface area (Å²) in [4.78, 5) is 36.8. The van der Waals surface area contributed by atoms with Gasteiger partial charge in [-0.25, -0.2) is 15.0 Å². The quantitative estimate of drug-likeness (QED) is 0.572. The van der Waals surface area contributed by atoms with E-state index in [0.717, 1.165) is 54.6 Å². The molecule has 3 aromatic heterocycles. The maximum Gasteiger partial charge on any atom is 0.251 e. The number of aromatic amines is 1. The normalized spacial score (nSPS) is 19.2. The predicted molar refractivity (Wildman–Crippen MR) is 130 cm³/mol. The molecule has 0 radical (unpaired) electrons. The summed E-state index contributed by atoms with van der Waals surface area (Å²) in [5.74, 6) is 1.67. The van der Waals surface area contributed by atoms with Crippen LogP contribution >= 0.6 is 11.3 Å². The first-order chi connectivity index (χ1) is 16.1. The van der Waals surface area contributed by atoms with Gasteiger partial charge in [-0.15, -0.1) is 11.3 Å². The molecule has 1 fully saturated rings. The van der Waals surface area contributed by atoms with Gasteiger partial charge in [0.15, 0.2) is 0 Å². The van der Waals surface area contributed by atoms with Crippen molar-refractivity contribution in [3.8, 4) is 10.6 Å². The van der Waals surface area contributed by atoms with Gasteiger partial charge < -0.3 is 15.6 Å². The average Bonchev–Trinajstić information content (AvgIpc) is 3.50. The number of hydrogen-bond acceptors (Lipinski definition) is 9. The Morgan fingerprint density at radius 2 is 2.21 bits per heavy atom. The van der Waals surface area contributed by atoms with Crippen LogP contribution in [-0.2, 0) is 6.54 Å². The Bertz CT molecular complexity index is 1190. The predicted octanol–water partition coefficient (Wildman–Crippen LogP) is 2.18. The molecule has 0 aromatic carbocycles. The molecule has 0 saturated carbocycles. The van der Waals surface area contributed by atoms with E-state index in [1.54, 1.807) is 23.6 Å². The summed E-state index contributed by atoms with van der Waals surface area (Å²) >= 11 is 1.60. The van der Waals surface area contributed by atoms with Gasteiger partial charge in [-0.05, 0) is 36.9 Å². The Labute approximate surface area is 196 Å². The topological polar surface area (TPSA) is 107 Å². The zero-order chi connectivity index (χ0) is 22.8. The Balaban J connectivity index is 1.30. The second-order valence-corrected chi connectivity index (χ2v) is 9.50. The highest BCUT2D eigenvalue weighted by atomic mass is 32.1. The monoisotopic (exact) mass is 464 g/mol. The fourth-order valence-electron chi connectivity index (χ4n) is 4.43. The number of H-pyrrole nitrogens is 1. The van der Waals surface area contributed by atoms with E-state index in [1.807, 2.05) is 23.6 Å². The van der Waals surface area contributed by atoms with Crippen LogP contribution in [0.1, 0.15) is 30.3 Å². The summed E-state index contributed by atoms with van der Waals surface area (Å²) in [5.41, 5.74) is 8.45. The number of thiophene rings is 1. The number of likely N-dealkylation sites (N-methyl/N-ethyl adjacent to an activating group) is 1. The molecule has 10 heteroatoms. The molecule has 1 unspecified atom stereocenters. The third-order valence-corrected chi connectivity index (χ3v) is 7.03. The van der Waals surface area contributed by atoms with E-state index in [4.69, 9.17) is 10.7 Å². The summed E-state index contributed by atoms with van der Waals surface area (Å²) in [6, 6.07) is 7.42. The SMILES string of the molecule is CN1CN(c2nccc(CN)n2)C=C1CN1CCCC(c2nc(-c3cccs3)cc(=O)[nH]2)C1. The lowest BCUT2D eigenvalue weighted by Crippen LogP contribution is -2.38. The molecule has 3 aromatic rings. The summed E-state index contributed by atoms with van der Waals surface area (Å²) in [6.45, 7) is 3.82. The first-order valence-electron chi connectivity index (χ1n) is 11.2. The van der Waals surface area contributed by atoms with E-state index in [9.17, 15) is 4.79 Å². The molecule has 2 aliphatic rings. The number of hydrogen-bond donors (Lipinski definition) is 2. The van der Waals surface area contributed by atoms with Crippen LogP contribution < -0.4 is 16.2 Å². The van der Waals surface area contributed by atoms with E-state index in [2.05, 4.69) is 42.9 Å². The van der Waals surface area contributed by atoms with Gasteiger partial charge in [-0.1, -0.05) is 6.07 Å². The van der Waals surface area contributed by atoms with Crippen molar-refractivity contribution in [2.75, 3.05) is 38.3 Å². The minimum atomic E-state index is -0.0888. The van der Waals surface area contributed by atoms with Crippen LogP contribution in [0.4, 0.5) is 5.95 Å². The highest BCUT2D eigenvalue weighted by Gasteiger charge is 2.27. The van der Waals surface area contributed by atoms with Crippen molar-refractivity contribution in [2.24, 2.45) is 5.73 Å². The van der Waals surface area contributed by atoms with Gasteiger partial charge in [0.05, 0.1) is 22.9 Å². The summed E-state index contributed by atoms with van der Waals surface area (Å²) in [5, 5.41) is 2.01. The minimum Gasteiger partial charge on any atom is -0.358 e. The molecule has 2 aliphatic heterocycles. The fraction of sp³-hybridized carbons (Fsp3) is 0.391. The highest BCUT2D eigenvalue weighted by Crippen LogP contribution is 2.28. The molecular weight excluding hydrogens is 436 g/mol. The molecule has 172 valence electrons. The molecule has 1 atom stereocenters. The lowest BCUT2D eigenvalue weighted by molar-refractivity contribution is 0.206. The number of anilines is 1. The van der Waals surface area contributed by atoms with Gasteiger partial charge in [-0.3, -0.25) is 14.6 Å². The molecule has 33 heavy (non-hydrogen) atoms. The maximum absolute atomic E-state index is 12.3. The van der Waals surface area contributed by atoms with Gasteiger partial charge >= 0.3 is 0 Å². The summed E-state index contributed by atoms with van der Waals surface area (Å²) in [7, 11) is 2.09. The summed E-state index contributed by atoms with van der Waals surface area (Å²) in [6.07, 6.45) is 5.97. The largest absolute Gasteiger partial charge is 0.358 e.